The Hall–Kier alpha value is -2.67. The maximum absolute atomic E-state index is 12.3. The van der Waals surface area contributed by atoms with Gasteiger partial charge in [-0.25, -0.2) is 0 Å². The minimum atomic E-state index is -0.456. The first-order valence-electron chi connectivity index (χ1n) is 16.5. The summed E-state index contributed by atoms with van der Waals surface area (Å²) in [6.45, 7) is 25.5. The monoisotopic (exact) mass is 621 g/mol. The van der Waals surface area contributed by atoms with Crippen LogP contribution in [0.15, 0.2) is 60.7 Å². The summed E-state index contributed by atoms with van der Waals surface area (Å²) in [4.78, 5) is 36.4. The van der Waals surface area contributed by atoms with E-state index in [2.05, 4.69) is 93.9 Å². The minimum absolute atomic E-state index is 0.0109. The molecule has 0 fully saturated rings. The maximum Gasteiger partial charge on any atom is 0.151 e. The van der Waals surface area contributed by atoms with E-state index in [4.69, 9.17) is 0 Å². The summed E-state index contributed by atoms with van der Waals surface area (Å²) in [5.74, 6) is 0.279. The predicted octanol–water partition coefficient (Wildman–Crippen LogP) is 7.14. The number of ketones is 3. The van der Waals surface area contributed by atoms with Gasteiger partial charge in [0.2, 0.25) is 0 Å². The molecule has 2 aromatic rings. The number of hydrogen-bond acceptors (Lipinski definition) is 6. The molecule has 0 saturated carbocycles. The lowest BCUT2D eigenvalue weighted by atomic mass is 9.86. The van der Waals surface area contributed by atoms with Crippen LogP contribution in [0.1, 0.15) is 107 Å². The van der Waals surface area contributed by atoms with E-state index >= 15 is 0 Å². The van der Waals surface area contributed by atoms with Crippen LogP contribution in [0.2, 0.25) is 0 Å². The third-order valence-corrected chi connectivity index (χ3v) is 7.11. The Morgan fingerprint density at radius 3 is 1.38 bits per heavy atom. The number of rotatable bonds is 14. The Labute approximate surface area is 274 Å². The molecule has 0 bridgehead atoms. The standard InChI is InChI=1S/C20H31NO2.C19H32N2O/c1-19(2,3)18(23)14-17(22)13-16(21-20(4,5)6)12-15-10-8-7-9-11-15;1-18(2,3)17(22)14-20-13-16(21-19(4,5)6)12-15-10-8-7-9-11-15/h7-11,16,21H,12-14H2,1-6H3;7-11,16,20-21H,12-14H2,1-6H3/t2*16-/m00/s1. The van der Waals surface area contributed by atoms with Gasteiger partial charge in [0.1, 0.15) is 11.6 Å². The van der Waals surface area contributed by atoms with Crippen LogP contribution in [0.25, 0.3) is 0 Å². The fourth-order valence-electron chi connectivity index (χ4n) is 4.79. The number of nitrogens with one attached hydrogen (secondary N) is 3. The molecule has 0 radical (unpaired) electrons. The molecule has 0 heterocycles. The van der Waals surface area contributed by atoms with Crippen LogP contribution in [0.3, 0.4) is 0 Å². The Morgan fingerprint density at radius 2 is 0.978 bits per heavy atom. The zero-order valence-corrected chi connectivity index (χ0v) is 30.4. The predicted molar refractivity (Wildman–Crippen MR) is 190 cm³/mol. The highest BCUT2D eigenvalue weighted by atomic mass is 16.1. The molecule has 0 aliphatic rings. The Kier molecular flexibility index (Phi) is 16.0. The van der Waals surface area contributed by atoms with Gasteiger partial charge in [0.05, 0.1) is 13.0 Å². The number of benzene rings is 2. The zero-order chi connectivity index (χ0) is 34.5. The first-order valence-corrected chi connectivity index (χ1v) is 16.5. The normalized spacial score (nSPS) is 13.8. The smallest absolute Gasteiger partial charge is 0.151 e. The topological polar surface area (TPSA) is 87.3 Å². The molecule has 6 heteroatoms. The van der Waals surface area contributed by atoms with Crippen molar-refractivity contribution in [1.29, 1.82) is 0 Å². The third kappa shape index (κ3) is 19.5. The number of carbonyl (C=O) groups is 3. The SMILES string of the molecule is CC(C)(C)N[C@H](CC(=O)CC(=O)C(C)(C)C)Cc1ccccc1.CC(C)(C)N[C@H](CNCC(=O)C(C)(C)C)Cc1ccccc1. The molecule has 0 aliphatic carbocycles. The van der Waals surface area contributed by atoms with E-state index in [0.29, 0.717) is 19.0 Å². The molecule has 0 aromatic heterocycles. The summed E-state index contributed by atoms with van der Waals surface area (Å²) >= 11 is 0. The zero-order valence-electron chi connectivity index (χ0n) is 30.4. The van der Waals surface area contributed by atoms with Crippen molar-refractivity contribution in [2.45, 2.75) is 132 Å². The van der Waals surface area contributed by atoms with Gasteiger partial charge in [-0.2, -0.15) is 0 Å². The quantitative estimate of drug-likeness (QED) is 0.194. The van der Waals surface area contributed by atoms with E-state index in [0.717, 1.165) is 19.4 Å². The Balaban J connectivity index is 0.000000450. The summed E-state index contributed by atoms with van der Waals surface area (Å²) in [6, 6.07) is 21.0. The van der Waals surface area contributed by atoms with Gasteiger partial charge in [-0.05, 0) is 65.5 Å². The molecule has 0 spiro atoms. The highest BCUT2D eigenvalue weighted by Gasteiger charge is 2.26. The average Bonchev–Trinajstić information content (AvgIpc) is 2.87. The first kappa shape index (κ1) is 40.4. The summed E-state index contributed by atoms with van der Waals surface area (Å²) in [6.07, 6.45) is 2.15. The highest BCUT2D eigenvalue weighted by Crippen LogP contribution is 2.19. The van der Waals surface area contributed by atoms with Crippen LogP contribution >= 0.6 is 0 Å². The van der Waals surface area contributed by atoms with E-state index in [1.807, 2.05) is 65.8 Å². The van der Waals surface area contributed by atoms with E-state index < -0.39 is 5.41 Å². The molecule has 0 unspecified atom stereocenters. The fraction of sp³-hybridized carbons (Fsp3) is 0.615. The second-order valence-corrected chi connectivity index (χ2v) is 16.5. The lowest BCUT2D eigenvalue weighted by Crippen LogP contribution is -2.50. The maximum atomic E-state index is 12.3. The van der Waals surface area contributed by atoms with Gasteiger partial charge in [-0.15, -0.1) is 0 Å². The molecule has 0 amide bonds. The van der Waals surface area contributed by atoms with E-state index in [9.17, 15) is 14.4 Å². The van der Waals surface area contributed by atoms with Crippen molar-refractivity contribution in [3.63, 3.8) is 0 Å². The van der Waals surface area contributed by atoms with Crippen molar-refractivity contribution >= 4 is 17.3 Å². The van der Waals surface area contributed by atoms with Gasteiger partial charge in [0.25, 0.3) is 0 Å². The third-order valence-electron chi connectivity index (χ3n) is 7.11. The average molecular weight is 622 g/mol. The summed E-state index contributed by atoms with van der Waals surface area (Å²) in [7, 11) is 0. The molecular weight excluding hydrogens is 558 g/mol. The molecule has 252 valence electrons. The van der Waals surface area contributed by atoms with E-state index in [1.54, 1.807) is 0 Å². The summed E-state index contributed by atoms with van der Waals surface area (Å²) in [5, 5.41) is 10.5. The first-order chi connectivity index (χ1) is 20.5. The second kappa shape index (κ2) is 17.9. The van der Waals surface area contributed by atoms with Gasteiger partial charge < -0.3 is 16.0 Å². The molecule has 0 saturated heterocycles. The molecule has 2 rings (SSSR count). The molecule has 2 aromatic carbocycles. The number of Topliss-reactive ketones (excluding diaryl/α,β-unsaturated/α-hetero) is 3. The highest BCUT2D eigenvalue weighted by molar-refractivity contribution is 6.01. The van der Waals surface area contributed by atoms with Gasteiger partial charge >= 0.3 is 0 Å². The van der Waals surface area contributed by atoms with Crippen molar-refractivity contribution in [3.8, 4) is 0 Å². The van der Waals surface area contributed by atoms with Crippen LogP contribution in [0.5, 0.6) is 0 Å². The van der Waals surface area contributed by atoms with Crippen LogP contribution < -0.4 is 16.0 Å². The fourth-order valence-corrected chi connectivity index (χ4v) is 4.79. The molecule has 6 nitrogen and oxygen atoms in total. The van der Waals surface area contributed by atoms with Gasteiger partial charge in [0, 0.05) is 47.0 Å². The van der Waals surface area contributed by atoms with Gasteiger partial charge in [-0.1, -0.05) is 102 Å². The Bertz CT molecular complexity index is 1160. The van der Waals surface area contributed by atoms with Crippen molar-refractivity contribution in [3.05, 3.63) is 71.8 Å². The molecule has 3 N–H and O–H groups in total. The Morgan fingerprint density at radius 1 is 0.578 bits per heavy atom. The summed E-state index contributed by atoms with van der Waals surface area (Å²) < 4.78 is 0. The van der Waals surface area contributed by atoms with Crippen LogP contribution in [-0.2, 0) is 27.2 Å². The van der Waals surface area contributed by atoms with Crippen LogP contribution in [-0.4, -0.2) is 53.6 Å². The molecule has 45 heavy (non-hydrogen) atoms. The van der Waals surface area contributed by atoms with Crippen molar-refractivity contribution < 1.29 is 14.4 Å². The second-order valence-electron chi connectivity index (χ2n) is 16.5. The van der Waals surface area contributed by atoms with Crippen LogP contribution in [0.4, 0.5) is 0 Å². The minimum Gasteiger partial charge on any atom is -0.309 e. The lowest BCUT2D eigenvalue weighted by molar-refractivity contribution is -0.132. The summed E-state index contributed by atoms with van der Waals surface area (Å²) in [5.41, 5.74) is 1.75. The van der Waals surface area contributed by atoms with Gasteiger partial charge in [-0.3, -0.25) is 14.4 Å². The van der Waals surface area contributed by atoms with E-state index in [1.165, 1.54) is 11.1 Å². The van der Waals surface area contributed by atoms with Crippen molar-refractivity contribution in [1.82, 2.24) is 16.0 Å². The largest absolute Gasteiger partial charge is 0.309 e. The lowest BCUT2D eigenvalue weighted by Gasteiger charge is -2.29. The molecule has 0 aliphatic heterocycles. The van der Waals surface area contributed by atoms with Crippen molar-refractivity contribution in [2.24, 2.45) is 10.8 Å². The molecule has 2 atom stereocenters. The number of carbonyl (C=O) groups excluding carboxylic acids is 3. The van der Waals surface area contributed by atoms with Gasteiger partial charge in [0.15, 0.2) is 5.78 Å². The van der Waals surface area contributed by atoms with E-state index in [-0.39, 0.29) is 46.3 Å². The van der Waals surface area contributed by atoms with Crippen molar-refractivity contribution in [2.75, 3.05) is 13.1 Å². The molecular formula is C39H63N3O3. The van der Waals surface area contributed by atoms with Crippen LogP contribution in [0, 0.1) is 10.8 Å². The number of hydrogen-bond donors (Lipinski definition) is 3.